The highest BCUT2D eigenvalue weighted by molar-refractivity contribution is 7.87. The normalized spacial score (nSPS) is 16.2. The molecule has 0 saturated carbocycles. The maximum Gasteiger partial charge on any atom is 0.279 e. The van der Waals surface area contributed by atoms with Crippen molar-refractivity contribution in [3.8, 4) is 0 Å². The van der Waals surface area contributed by atoms with Crippen molar-refractivity contribution in [1.29, 1.82) is 0 Å². The molecule has 1 atom stereocenters. The average Bonchev–Trinajstić information content (AvgIpc) is 2.23. The molecule has 0 aromatic rings. The fourth-order valence-electron chi connectivity index (χ4n) is 1.80. The van der Waals surface area contributed by atoms with E-state index in [2.05, 4.69) is 4.72 Å². The molecule has 7 heteroatoms. The summed E-state index contributed by atoms with van der Waals surface area (Å²) in [7, 11) is -0.465. The summed E-state index contributed by atoms with van der Waals surface area (Å²) in [6.45, 7) is 6.85. The van der Waals surface area contributed by atoms with Crippen molar-refractivity contribution in [3.05, 3.63) is 0 Å². The Labute approximate surface area is 111 Å². The molecule has 0 rings (SSSR count). The Bertz CT molecular complexity index is 332. The number of ether oxygens (including phenoxy) is 1. The molecule has 3 N–H and O–H groups in total. The van der Waals surface area contributed by atoms with Crippen molar-refractivity contribution in [3.63, 3.8) is 0 Å². The molecule has 0 fully saturated rings. The minimum Gasteiger partial charge on any atom is -0.383 e. The monoisotopic (exact) mass is 281 g/mol. The molecule has 0 aliphatic carbocycles. The second-order valence-corrected chi connectivity index (χ2v) is 7.06. The molecule has 18 heavy (non-hydrogen) atoms. The number of methoxy groups -OCH3 is 1. The van der Waals surface area contributed by atoms with Gasteiger partial charge < -0.3 is 10.5 Å². The first-order valence-electron chi connectivity index (χ1n) is 6.11. The number of nitrogens with zero attached hydrogens (tertiary/aromatic N) is 1. The van der Waals surface area contributed by atoms with Gasteiger partial charge in [0.15, 0.2) is 0 Å². The van der Waals surface area contributed by atoms with E-state index in [0.29, 0.717) is 25.5 Å². The topological polar surface area (TPSA) is 84.7 Å². The highest BCUT2D eigenvalue weighted by Crippen LogP contribution is 2.17. The molecule has 0 aliphatic heterocycles. The molecule has 0 aromatic carbocycles. The molecule has 0 spiro atoms. The van der Waals surface area contributed by atoms with Crippen LogP contribution in [0.3, 0.4) is 0 Å². The van der Waals surface area contributed by atoms with Gasteiger partial charge in [0, 0.05) is 32.8 Å². The van der Waals surface area contributed by atoms with Gasteiger partial charge in [-0.05, 0) is 19.3 Å². The minimum absolute atomic E-state index is 0.266. The predicted octanol–water partition coefficient (Wildman–Crippen LogP) is 0.163. The second-order valence-electron chi connectivity index (χ2n) is 5.28. The average molecular weight is 281 g/mol. The molecule has 110 valence electrons. The maximum absolute atomic E-state index is 12.1. The first-order chi connectivity index (χ1) is 8.17. The van der Waals surface area contributed by atoms with E-state index in [-0.39, 0.29) is 6.54 Å². The number of hydrogen-bond acceptors (Lipinski definition) is 4. The highest BCUT2D eigenvalue weighted by atomic mass is 32.2. The third-order valence-electron chi connectivity index (χ3n) is 2.71. The van der Waals surface area contributed by atoms with E-state index in [1.54, 1.807) is 0 Å². The second kappa shape index (κ2) is 7.40. The van der Waals surface area contributed by atoms with Crippen molar-refractivity contribution in [2.75, 3.05) is 33.9 Å². The van der Waals surface area contributed by atoms with Crippen LogP contribution in [0.4, 0.5) is 0 Å². The van der Waals surface area contributed by atoms with E-state index in [9.17, 15) is 8.42 Å². The lowest BCUT2D eigenvalue weighted by atomic mass is 9.92. The molecular weight excluding hydrogens is 254 g/mol. The molecule has 0 aromatic heterocycles. The van der Waals surface area contributed by atoms with Crippen LogP contribution in [-0.2, 0) is 14.9 Å². The summed E-state index contributed by atoms with van der Waals surface area (Å²) >= 11 is 0. The van der Waals surface area contributed by atoms with Gasteiger partial charge in [-0.2, -0.15) is 17.4 Å². The van der Waals surface area contributed by atoms with Gasteiger partial charge in [0.2, 0.25) is 0 Å². The van der Waals surface area contributed by atoms with Gasteiger partial charge >= 0.3 is 0 Å². The van der Waals surface area contributed by atoms with Crippen LogP contribution in [0.2, 0.25) is 0 Å². The summed E-state index contributed by atoms with van der Waals surface area (Å²) in [6.07, 6.45) is 0.695. The van der Waals surface area contributed by atoms with Crippen LogP contribution < -0.4 is 10.5 Å². The summed E-state index contributed by atoms with van der Waals surface area (Å²) in [5, 5.41) is 0. The molecule has 6 nitrogen and oxygen atoms in total. The number of rotatable bonds is 9. The lowest BCUT2D eigenvalue weighted by Crippen LogP contribution is -2.55. The van der Waals surface area contributed by atoms with E-state index < -0.39 is 15.7 Å². The third kappa shape index (κ3) is 6.10. The van der Waals surface area contributed by atoms with Crippen LogP contribution >= 0.6 is 0 Å². The van der Waals surface area contributed by atoms with Crippen molar-refractivity contribution in [2.24, 2.45) is 11.7 Å². The summed E-state index contributed by atoms with van der Waals surface area (Å²) < 4.78 is 33.0. The van der Waals surface area contributed by atoms with Crippen molar-refractivity contribution >= 4 is 10.2 Å². The zero-order valence-corrected chi connectivity index (χ0v) is 12.9. The fourth-order valence-corrected chi connectivity index (χ4v) is 3.06. The Kier molecular flexibility index (Phi) is 7.31. The lowest BCUT2D eigenvalue weighted by molar-refractivity contribution is 0.184. The number of nitrogens with one attached hydrogen (secondary N) is 1. The van der Waals surface area contributed by atoms with Crippen LogP contribution in [0.15, 0.2) is 0 Å². The standard InChI is InChI=1S/C11H27N3O3S/c1-10(2)8-11(3,9-12)13-18(15,16)14(4)6-7-17-5/h10,13H,6-9,12H2,1-5H3. The SMILES string of the molecule is COCCN(C)S(=O)(=O)NC(C)(CN)CC(C)C. The number of hydrogen-bond donors (Lipinski definition) is 2. The van der Waals surface area contributed by atoms with E-state index >= 15 is 0 Å². The van der Waals surface area contributed by atoms with Crippen LogP contribution in [-0.4, -0.2) is 52.1 Å². The van der Waals surface area contributed by atoms with Gasteiger partial charge in [0.1, 0.15) is 0 Å². The molecule has 0 radical (unpaired) electrons. The summed E-state index contributed by atoms with van der Waals surface area (Å²) in [5.74, 6) is 0.366. The molecule has 0 bridgehead atoms. The van der Waals surface area contributed by atoms with Crippen molar-refractivity contribution in [2.45, 2.75) is 32.7 Å². The van der Waals surface area contributed by atoms with Crippen molar-refractivity contribution < 1.29 is 13.2 Å². The number of likely N-dealkylation sites (N-methyl/N-ethyl adjacent to an activating group) is 1. The zero-order valence-electron chi connectivity index (χ0n) is 12.1. The summed E-state index contributed by atoms with van der Waals surface area (Å²) in [5.41, 5.74) is 5.08. The lowest BCUT2D eigenvalue weighted by Gasteiger charge is -2.32. The molecule has 0 saturated heterocycles. The zero-order chi connectivity index (χ0) is 14.4. The number of nitrogens with two attached hydrogens (primary N) is 1. The Hall–Kier alpha value is -0.210. The molecular formula is C11H27N3O3S. The van der Waals surface area contributed by atoms with E-state index in [0.717, 1.165) is 0 Å². The first-order valence-corrected chi connectivity index (χ1v) is 7.55. The van der Waals surface area contributed by atoms with Crippen LogP contribution in [0, 0.1) is 5.92 Å². The van der Waals surface area contributed by atoms with Crippen LogP contribution in [0.25, 0.3) is 0 Å². The Morgan fingerprint density at radius 1 is 1.44 bits per heavy atom. The van der Waals surface area contributed by atoms with Gasteiger partial charge in [0.25, 0.3) is 10.2 Å². The van der Waals surface area contributed by atoms with Gasteiger partial charge in [-0.25, -0.2) is 0 Å². The Morgan fingerprint density at radius 3 is 2.39 bits per heavy atom. The van der Waals surface area contributed by atoms with Crippen LogP contribution in [0.1, 0.15) is 27.2 Å². The fraction of sp³-hybridized carbons (Fsp3) is 1.00. The Morgan fingerprint density at radius 2 is 2.00 bits per heavy atom. The Balaban J connectivity index is 4.71. The molecule has 1 unspecified atom stereocenters. The smallest absolute Gasteiger partial charge is 0.279 e. The van der Waals surface area contributed by atoms with Crippen LogP contribution in [0.5, 0.6) is 0 Å². The minimum atomic E-state index is -3.52. The molecule has 0 heterocycles. The summed E-state index contributed by atoms with van der Waals surface area (Å²) in [4.78, 5) is 0. The first kappa shape index (κ1) is 17.8. The quantitative estimate of drug-likeness (QED) is 0.630. The third-order valence-corrected chi connectivity index (χ3v) is 4.46. The molecule has 0 amide bonds. The van der Waals surface area contributed by atoms with Crippen molar-refractivity contribution in [1.82, 2.24) is 9.03 Å². The van der Waals surface area contributed by atoms with Gasteiger partial charge in [-0.3, -0.25) is 0 Å². The predicted molar refractivity (Wildman–Crippen MR) is 73.5 cm³/mol. The van der Waals surface area contributed by atoms with E-state index in [1.807, 2.05) is 20.8 Å². The maximum atomic E-state index is 12.1. The highest BCUT2D eigenvalue weighted by Gasteiger charge is 2.31. The van der Waals surface area contributed by atoms with E-state index in [4.69, 9.17) is 10.5 Å². The summed E-state index contributed by atoms with van der Waals surface area (Å²) in [6, 6.07) is 0. The molecule has 0 aliphatic rings. The van der Waals surface area contributed by atoms with E-state index in [1.165, 1.54) is 18.5 Å². The largest absolute Gasteiger partial charge is 0.383 e. The van der Waals surface area contributed by atoms with Gasteiger partial charge in [-0.15, -0.1) is 0 Å². The van der Waals surface area contributed by atoms with Gasteiger partial charge in [0.05, 0.1) is 6.61 Å². The van der Waals surface area contributed by atoms with Gasteiger partial charge in [-0.1, -0.05) is 13.8 Å².